The number of hydrogen-bond donors (Lipinski definition) is 1. The largest absolute Gasteiger partial charge is 0.497 e. The van der Waals surface area contributed by atoms with Crippen molar-refractivity contribution in [2.45, 2.75) is 24.3 Å². The average Bonchev–Trinajstić information content (AvgIpc) is 3.13. The topological polar surface area (TPSA) is 92.0 Å². The fourth-order valence-electron chi connectivity index (χ4n) is 2.08. The van der Waals surface area contributed by atoms with Crippen LogP contribution in [0.25, 0.3) is 0 Å². The molecule has 120 valence electrons. The van der Waals surface area contributed by atoms with E-state index in [0.29, 0.717) is 23.2 Å². The van der Waals surface area contributed by atoms with Gasteiger partial charge in [0, 0.05) is 18.2 Å². The van der Waals surface area contributed by atoms with Crippen molar-refractivity contribution in [1.82, 2.24) is 20.0 Å². The average molecular weight is 331 g/mol. The summed E-state index contributed by atoms with van der Waals surface area (Å²) < 4.78 is 11.7. The van der Waals surface area contributed by atoms with E-state index in [1.54, 1.807) is 7.11 Å². The molecule has 0 saturated carbocycles. The monoisotopic (exact) mass is 331 g/mol. The number of methoxy groups -OCH3 is 1. The van der Waals surface area contributed by atoms with Gasteiger partial charge in [0.05, 0.1) is 12.8 Å². The van der Waals surface area contributed by atoms with Gasteiger partial charge in [0.1, 0.15) is 11.5 Å². The number of nitrogens with zero attached hydrogens (tertiary/aromatic N) is 4. The van der Waals surface area contributed by atoms with Crippen molar-refractivity contribution in [2.75, 3.05) is 13.0 Å². The second kappa shape index (κ2) is 6.74. The van der Waals surface area contributed by atoms with E-state index >= 15 is 0 Å². The zero-order valence-corrected chi connectivity index (χ0v) is 13.7. The molecule has 7 nitrogen and oxygen atoms in total. The molecule has 0 aliphatic heterocycles. The SMILES string of the molecule is COc1ccc(Cc2nnc(SCc3cc(C)on3)n2N)cc1. The molecular weight excluding hydrogens is 314 g/mol. The first-order valence-corrected chi connectivity index (χ1v) is 8.01. The highest BCUT2D eigenvalue weighted by molar-refractivity contribution is 7.98. The van der Waals surface area contributed by atoms with E-state index in [2.05, 4.69) is 15.4 Å². The van der Waals surface area contributed by atoms with Gasteiger partial charge < -0.3 is 15.1 Å². The maximum atomic E-state index is 6.08. The number of ether oxygens (including phenoxy) is 1. The lowest BCUT2D eigenvalue weighted by Crippen LogP contribution is -2.14. The first-order chi connectivity index (χ1) is 11.2. The van der Waals surface area contributed by atoms with Crippen LogP contribution in [0.15, 0.2) is 40.0 Å². The van der Waals surface area contributed by atoms with Crippen LogP contribution in [0, 0.1) is 6.92 Å². The highest BCUT2D eigenvalue weighted by Gasteiger charge is 2.12. The summed E-state index contributed by atoms with van der Waals surface area (Å²) in [5, 5.41) is 12.9. The minimum Gasteiger partial charge on any atom is -0.497 e. The van der Waals surface area contributed by atoms with E-state index in [1.807, 2.05) is 37.3 Å². The molecule has 0 saturated heterocycles. The molecule has 2 N–H and O–H groups in total. The van der Waals surface area contributed by atoms with Crippen LogP contribution in [-0.2, 0) is 12.2 Å². The van der Waals surface area contributed by atoms with Crippen LogP contribution < -0.4 is 10.6 Å². The molecule has 0 radical (unpaired) electrons. The molecule has 2 aromatic heterocycles. The quantitative estimate of drug-likeness (QED) is 0.546. The summed E-state index contributed by atoms with van der Waals surface area (Å²) in [5.74, 6) is 9.02. The molecule has 0 aliphatic carbocycles. The van der Waals surface area contributed by atoms with E-state index in [-0.39, 0.29) is 0 Å². The molecule has 0 bridgehead atoms. The number of rotatable bonds is 6. The Bertz CT molecular complexity index is 782. The van der Waals surface area contributed by atoms with Crippen molar-refractivity contribution in [3.05, 3.63) is 53.2 Å². The number of nitrogens with two attached hydrogens (primary N) is 1. The molecule has 1 aromatic carbocycles. The fourth-order valence-corrected chi connectivity index (χ4v) is 2.83. The molecule has 8 heteroatoms. The minimum absolute atomic E-state index is 0.608. The molecular formula is C15H17N5O2S. The second-order valence-corrected chi connectivity index (χ2v) is 5.95. The number of benzene rings is 1. The Hall–Kier alpha value is -2.48. The van der Waals surface area contributed by atoms with Crippen molar-refractivity contribution < 1.29 is 9.26 Å². The van der Waals surface area contributed by atoms with Crippen molar-refractivity contribution in [3.63, 3.8) is 0 Å². The van der Waals surface area contributed by atoms with E-state index < -0.39 is 0 Å². The Morgan fingerprint density at radius 3 is 2.70 bits per heavy atom. The Morgan fingerprint density at radius 1 is 1.26 bits per heavy atom. The van der Waals surface area contributed by atoms with Gasteiger partial charge in [-0.1, -0.05) is 29.1 Å². The number of aromatic nitrogens is 4. The molecule has 2 heterocycles. The molecule has 0 spiro atoms. The zero-order valence-electron chi connectivity index (χ0n) is 12.9. The van der Waals surface area contributed by atoms with Crippen LogP contribution in [0.1, 0.15) is 22.8 Å². The fraction of sp³-hybridized carbons (Fsp3) is 0.267. The van der Waals surface area contributed by atoms with Gasteiger partial charge in [-0.25, -0.2) is 4.68 Å². The van der Waals surface area contributed by atoms with Crippen LogP contribution in [-0.4, -0.2) is 27.1 Å². The lowest BCUT2D eigenvalue weighted by Gasteiger charge is -2.04. The van der Waals surface area contributed by atoms with Crippen molar-refractivity contribution >= 4 is 11.8 Å². The molecule has 3 rings (SSSR count). The summed E-state index contributed by atoms with van der Waals surface area (Å²) in [6.45, 7) is 1.86. The van der Waals surface area contributed by atoms with Crippen LogP contribution in [0.5, 0.6) is 5.75 Å². The minimum atomic E-state index is 0.608. The molecule has 23 heavy (non-hydrogen) atoms. The Morgan fingerprint density at radius 2 is 2.04 bits per heavy atom. The third-order valence-corrected chi connectivity index (χ3v) is 4.26. The third-order valence-electron chi connectivity index (χ3n) is 3.28. The standard InChI is InChI=1S/C15H17N5O2S/c1-10-7-12(19-22-10)9-23-15-18-17-14(20(15)16)8-11-3-5-13(21-2)6-4-11/h3-7H,8-9,16H2,1-2H3. The lowest BCUT2D eigenvalue weighted by molar-refractivity contribution is 0.393. The van der Waals surface area contributed by atoms with E-state index in [4.69, 9.17) is 15.1 Å². The molecule has 0 amide bonds. The highest BCUT2D eigenvalue weighted by atomic mass is 32.2. The van der Waals surface area contributed by atoms with Gasteiger partial charge in [0.2, 0.25) is 5.16 Å². The number of nitrogen functional groups attached to an aromatic ring is 1. The van der Waals surface area contributed by atoms with Crippen LogP contribution in [0.4, 0.5) is 0 Å². The van der Waals surface area contributed by atoms with Gasteiger partial charge >= 0.3 is 0 Å². The van der Waals surface area contributed by atoms with Crippen LogP contribution >= 0.6 is 11.8 Å². The Labute approximate surface area is 137 Å². The van der Waals surface area contributed by atoms with Crippen LogP contribution in [0.2, 0.25) is 0 Å². The van der Waals surface area contributed by atoms with Gasteiger partial charge in [-0.3, -0.25) is 0 Å². The predicted molar refractivity (Wildman–Crippen MR) is 86.8 cm³/mol. The van der Waals surface area contributed by atoms with E-state index in [1.165, 1.54) is 16.4 Å². The molecule has 0 fully saturated rings. The van der Waals surface area contributed by atoms with Gasteiger partial charge in [-0.15, -0.1) is 10.2 Å². The second-order valence-electron chi connectivity index (χ2n) is 5.01. The maximum absolute atomic E-state index is 6.08. The third kappa shape index (κ3) is 3.65. The normalized spacial score (nSPS) is 10.9. The van der Waals surface area contributed by atoms with Gasteiger partial charge in [0.25, 0.3) is 0 Å². The summed E-state index contributed by atoms with van der Waals surface area (Å²) in [4.78, 5) is 0. The van der Waals surface area contributed by atoms with E-state index in [9.17, 15) is 0 Å². The Balaban J connectivity index is 1.66. The van der Waals surface area contributed by atoms with E-state index in [0.717, 1.165) is 22.8 Å². The summed E-state index contributed by atoms with van der Waals surface area (Å²) in [6.07, 6.45) is 0.608. The molecule has 0 unspecified atom stereocenters. The zero-order chi connectivity index (χ0) is 16.2. The first kappa shape index (κ1) is 15.4. The molecule has 0 atom stereocenters. The molecule has 3 aromatic rings. The lowest BCUT2D eigenvalue weighted by atomic mass is 10.1. The van der Waals surface area contributed by atoms with Gasteiger partial charge in [0.15, 0.2) is 5.82 Å². The number of thioether (sulfide) groups is 1. The summed E-state index contributed by atoms with van der Waals surface area (Å²) >= 11 is 1.47. The predicted octanol–water partition coefficient (Wildman–Crippen LogP) is 2.18. The van der Waals surface area contributed by atoms with Crippen molar-refractivity contribution in [1.29, 1.82) is 0 Å². The van der Waals surface area contributed by atoms with Gasteiger partial charge in [-0.2, -0.15) is 0 Å². The summed E-state index contributed by atoms with van der Waals surface area (Å²) in [7, 11) is 1.64. The van der Waals surface area contributed by atoms with Crippen molar-refractivity contribution in [2.24, 2.45) is 0 Å². The number of aryl methyl sites for hydroxylation is 1. The molecule has 0 aliphatic rings. The summed E-state index contributed by atoms with van der Waals surface area (Å²) in [6, 6.07) is 9.68. The highest BCUT2D eigenvalue weighted by Crippen LogP contribution is 2.21. The first-order valence-electron chi connectivity index (χ1n) is 7.03. The smallest absolute Gasteiger partial charge is 0.210 e. The summed E-state index contributed by atoms with van der Waals surface area (Å²) in [5.41, 5.74) is 1.95. The maximum Gasteiger partial charge on any atom is 0.210 e. The van der Waals surface area contributed by atoms with Gasteiger partial charge in [-0.05, 0) is 24.6 Å². The van der Waals surface area contributed by atoms with Crippen molar-refractivity contribution in [3.8, 4) is 5.75 Å². The van der Waals surface area contributed by atoms with Crippen LogP contribution in [0.3, 0.4) is 0 Å². The number of hydrogen-bond acceptors (Lipinski definition) is 7. The Kier molecular flexibility index (Phi) is 4.52.